The number of rotatable bonds is 8. The van der Waals surface area contributed by atoms with Gasteiger partial charge in [0.25, 0.3) is 5.91 Å². The number of carbonyl (C=O) groups excluding carboxylic acids is 1. The van der Waals surface area contributed by atoms with E-state index >= 15 is 0 Å². The van der Waals surface area contributed by atoms with Gasteiger partial charge in [-0.25, -0.2) is 0 Å². The molecule has 2 aromatic rings. The number of nitrogens with zero attached hydrogens (tertiary/aromatic N) is 2. The standard InChI is InChI=1S/C23H29ClN2O4/c1-25(2)23(28)21-5-3-4-6-22(21)29-16-18(27)15-26-13-11-20(12-14-26)30-19-9-7-17(24)8-10-19/h3-10,18,20,27H,11-16H2,1-2H3. The van der Waals surface area contributed by atoms with Crippen LogP contribution in [0.5, 0.6) is 11.5 Å². The van der Waals surface area contributed by atoms with E-state index in [1.165, 1.54) is 4.90 Å². The molecule has 3 rings (SSSR count). The second kappa shape index (κ2) is 10.7. The Morgan fingerprint density at radius 2 is 1.83 bits per heavy atom. The van der Waals surface area contributed by atoms with Crippen molar-refractivity contribution in [3.05, 3.63) is 59.1 Å². The Kier molecular flexibility index (Phi) is 7.96. The van der Waals surface area contributed by atoms with Crippen molar-refractivity contribution in [1.29, 1.82) is 0 Å². The third kappa shape index (κ3) is 6.36. The third-order valence-electron chi connectivity index (χ3n) is 5.07. The Labute approximate surface area is 183 Å². The van der Waals surface area contributed by atoms with Crippen LogP contribution in [0.25, 0.3) is 0 Å². The van der Waals surface area contributed by atoms with Crippen LogP contribution in [-0.2, 0) is 0 Å². The van der Waals surface area contributed by atoms with Crippen molar-refractivity contribution in [3.8, 4) is 11.5 Å². The van der Waals surface area contributed by atoms with Crippen LogP contribution in [-0.4, -0.2) is 73.4 Å². The molecule has 162 valence electrons. The molecule has 0 spiro atoms. The van der Waals surface area contributed by atoms with Crippen LogP contribution >= 0.6 is 11.6 Å². The lowest BCUT2D eigenvalue weighted by molar-refractivity contribution is 0.0398. The maximum atomic E-state index is 12.3. The van der Waals surface area contributed by atoms with E-state index in [0.717, 1.165) is 31.7 Å². The molecule has 30 heavy (non-hydrogen) atoms. The summed E-state index contributed by atoms with van der Waals surface area (Å²) in [6.07, 6.45) is 1.33. The molecule has 1 aliphatic rings. The minimum Gasteiger partial charge on any atom is -0.490 e. The molecule has 1 aliphatic heterocycles. The summed E-state index contributed by atoms with van der Waals surface area (Å²) in [5.41, 5.74) is 0.495. The summed E-state index contributed by atoms with van der Waals surface area (Å²) in [6.45, 7) is 2.37. The van der Waals surface area contributed by atoms with Gasteiger partial charge in [0.2, 0.25) is 0 Å². The predicted octanol–water partition coefficient (Wildman–Crippen LogP) is 3.32. The summed E-state index contributed by atoms with van der Waals surface area (Å²) in [4.78, 5) is 16.0. The first-order chi connectivity index (χ1) is 14.4. The zero-order valence-electron chi connectivity index (χ0n) is 17.5. The lowest BCUT2D eigenvalue weighted by Crippen LogP contribution is -2.43. The zero-order valence-corrected chi connectivity index (χ0v) is 18.2. The first kappa shape index (κ1) is 22.4. The lowest BCUT2D eigenvalue weighted by atomic mass is 10.1. The molecule has 0 bridgehead atoms. The van der Waals surface area contributed by atoms with Crippen molar-refractivity contribution in [2.75, 3.05) is 40.3 Å². The quantitative estimate of drug-likeness (QED) is 0.693. The van der Waals surface area contributed by atoms with Crippen molar-refractivity contribution in [2.45, 2.75) is 25.0 Å². The first-order valence-electron chi connectivity index (χ1n) is 10.2. The normalized spacial score (nSPS) is 16.1. The highest BCUT2D eigenvalue weighted by Gasteiger charge is 2.23. The van der Waals surface area contributed by atoms with E-state index in [2.05, 4.69) is 4.90 Å². The molecule has 0 aromatic heterocycles. The molecular weight excluding hydrogens is 404 g/mol. The topological polar surface area (TPSA) is 62.2 Å². The summed E-state index contributed by atoms with van der Waals surface area (Å²) < 4.78 is 11.8. The van der Waals surface area contributed by atoms with E-state index in [9.17, 15) is 9.90 Å². The van der Waals surface area contributed by atoms with Crippen LogP contribution in [0.1, 0.15) is 23.2 Å². The molecule has 7 heteroatoms. The number of ether oxygens (including phenoxy) is 2. The number of halogens is 1. The minimum atomic E-state index is -0.638. The van der Waals surface area contributed by atoms with Gasteiger partial charge in [0.05, 0.1) is 5.56 Å². The maximum absolute atomic E-state index is 12.3. The van der Waals surface area contributed by atoms with Gasteiger partial charge in [-0.05, 0) is 49.2 Å². The summed E-state index contributed by atoms with van der Waals surface area (Å²) in [5.74, 6) is 1.20. The van der Waals surface area contributed by atoms with E-state index in [-0.39, 0.29) is 18.6 Å². The summed E-state index contributed by atoms with van der Waals surface area (Å²) in [6, 6.07) is 14.5. The molecule has 0 saturated carbocycles. The average molecular weight is 433 g/mol. The van der Waals surface area contributed by atoms with Crippen molar-refractivity contribution >= 4 is 17.5 Å². The Morgan fingerprint density at radius 3 is 2.50 bits per heavy atom. The fourth-order valence-corrected chi connectivity index (χ4v) is 3.59. The number of hydrogen-bond acceptors (Lipinski definition) is 5. The van der Waals surface area contributed by atoms with Crippen LogP contribution in [0.2, 0.25) is 5.02 Å². The van der Waals surface area contributed by atoms with E-state index < -0.39 is 6.10 Å². The molecule has 1 saturated heterocycles. The lowest BCUT2D eigenvalue weighted by Gasteiger charge is -2.33. The van der Waals surface area contributed by atoms with Gasteiger partial charge in [-0.2, -0.15) is 0 Å². The van der Waals surface area contributed by atoms with Gasteiger partial charge in [-0.3, -0.25) is 4.79 Å². The van der Waals surface area contributed by atoms with Gasteiger partial charge in [-0.1, -0.05) is 23.7 Å². The largest absolute Gasteiger partial charge is 0.490 e. The molecule has 0 aliphatic carbocycles. The van der Waals surface area contributed by atoms with Crippen molar-refractivity contribution in [2.24, 2.45) is 0 Å². The molecule has 0 radical (unpaired) electrons. The zero-order chi connectivity index (χ0) is 21.5. The minimum absolute atomic E-state index is 0.122. The van der Waals surface area contributed by atoms with Crippen LogP contribution in [0.4, 0.5) is 0 Å². The van der Waals surface area contributed by atoms with E-state index in [4.69, 9.17) is 21.1 Å². The van der Waals surface area contributed by atoms with Crippen LogP contribution in [0, 0.1) is 0 Å². The van der Waals surface area contributed by atoms with Crippen molar-refractivity contribution in [3.63, 3.8) is 0 Å². The molecule has 1 unspecified atom stereocenters. The van der Waals surface area contributed by atoms with Gasteiger partial charge < -0.3 is 24.4 Å². The predicted molar refractivity (Wildman–Crippen MR) is 118 cm³/mol. The number of likely N-dealkylation sites (tertiary alicyclic amines) is 1. The molecule has 2 aromatic carbocycles. The number of amides is 1. The van der Waals surface area contributed by atoms with E-state index in [1.807, 2.05) is 30.3 Å². The molecule has 6 nitrogen and oxygen atoms in total. The number of β-amino-alcohol motifs (C(OH)–C–C–N with tert-alkyl or cyclic N) is 1. The summed E-state index contributed by atoms with van der Waals surface area (Å²) in [7, 11) is 3.41. The fraction of sp³-hybridized carbons (Fsp3) is 0.435. The Balaban J connectivity index is 1.43. The highest BCUT2D eigenvalue weighted by atomic mass is 35.5. The van der Waals surface area contributed by atoms with Crippen LogP contribution in [0.15, 0.2) is 48.5 Å². The molecule has 1 fully saturated rings. The molecule has 1 atom stereocenters. The molecule has 1 heterocycles. The summed E-state index contributed by atoms with van der Waals surface area (Å²) in [5, 5.41) is 11.1. The van der Waals surface area contributed by atoms with E-state index in [0.29, 0.717) is 22.9 Å². The van der Waals surface area contributed by atoms with Gasteiger partial charge in [0, 0.05) is 38.8 Å². The number of aliphatic hydroxyl groups excluding tert-OH is 1. The van der Waals surface area contributed by atoms with Gasteiger partial charge in [-0.15, -0.1) is 0 Å². The monoisotopic (exact) mass is 432 g/mol. The fourth-order valence-electron chi connectivity index (χ4n) is 3.46. The Bertz CT molecular complexity index is 820. The number of para-hydroxylation sites is 1. The van der Waals surface area contributed by atoms with Crippen LogP contribution in [0.3, 0.4) is 0 Å². The molecular formula is C23H29ClN2O4. The number of piperidine rings is 1. The highest BCUT2D eigenvalue weighted by Crippen LogP contribution is 2.22. The van der Waals surface area contributed by atoms with Gasteiger partial charge >= 0.3 is 0 Å². The smallest absolute Gasteiger partial charge is 0.257 e. The first-order valence-corrected chi connectivity index (χ1v) is 10.6. The molecule has 1 N–H and O–H groups in total. The van der Waals surface area contributed by atoms with E-state index in [1.54, 1.807) is 32.3 Å². The second-order valence-corrected chi connectivity index (χ2v) is 8.17. The number of aliphatic hydroxyl groups is 1. The van der Waals surface area contributed by atoms with Crippen LogP contribution < -0.4 is 9.47 Å². The SMILES string of the molecule is CN(C)C(=O)c1ccccc1OCC(O)CN1CCC(Oc2ccc(Cl)cc2)CC1. The van der Waals surface area contributed by atoms with Gasteiger partial charge in [0.1, 0.15) is 30.3 Å². The van der Waals surface area contributed by atoms with Crippen molar-refractivity contribution in [1.82, 2.24) is 9.80 Å². The van der Waals surface area contributed by atoms with Gasteiger partial charge in [0.15, 0.2) is 0 Å². The molecule has 1 amide bonds. The second-order valence-electron chi connectivity index (χ2n) is 7.73. The average Bonchev–Trinajstić information content (AvgIpc) is 2.75. The maximum Gasteiger partial charge on any atom is 0.257 e. The third-order valence-corrected chi connectivity index (χ3v) is 5.33. The van der Waals surface area contributed by atoms with Crippen molar-refractivity contribution < 1.29 is 19.4 Å². The highest BCUT2D eigenvalue weighted by molar-refractivity contribution is 6.30. The number of hydrogen-bond donors (Lipinski definition) is 1. The number of benzene rings is 2. The Morgan fingerprint density at radius 1 is 1.17 bits per heavy atom. The Hall–Kier alpha value is -2.28. The number of carbonyl (C=O) groups is 1. The summed E-state index contributed by atoms with van der Waals surface area (Å²) >= 11 is 5.91.